The third-order valence-electron chi connectivity index (χ3n) is 5.08. The summed E-state index contributed by atoms with van der Waals surface area (Å²) in [7, 11) is 1.32. The summed E-state index contributed by atoms with van der Waals surface area (Å²) in [4.78, 5) is 30.4. The number of Topliss-reactive ketones (excluding diaryl/α,β-unsaturated/α-hetero) is 1. The first kappa shape index (κ1) is 18.0. The van der Waals surface area contributed by atoms with Crippen LogP contribution >= 0.6 is 23.2 Å². The predicted octanol–water partition coefficient (Wildman–Crippen LogP) is 4.95. The Bertz CT molecular complexity index is 1060. The molecule has 1 heterocycles. The zero-order valence-corrected chi connectivity index (χ0v) is 16.1. The number of allylic oxidation sites excluding steroid dienone is 1. The Morgan fingerprint density at radius 2 is 1.78 bits per heavy atom. The fourth-order valence-electron chi connectivity index (χ4n) is 3.88. The van der Waals surface area contributed by atoms with E-state index in [9.17, 15) is 9.59 Å². The highest BCUT2D eigenvalue weighted by atomic mass is 35.5. The van der Waals surface area contributed by atoms with E-state index in [-0.39, 0.29) is 5.78 Å². The molecule has 1 aliphatic carbocycles. The number of hydrogen-bond donors (Lipinski definition) is 0. The van der Waals surface area contributed by atoms with Gasteiger partial charge in [0.05, 0.1) is 22.9 Å². The van der Waals surface area contributed by atoms with Gasteiger partial charge in [-0.3, -0.25) is 14.6 Å². The number of rotatable bonds is 2. The number of methoxy groups -OCH3 is 1. The number of benzene rings is 2. The van der Waals surface area contributed by atoms with Crippen molar-refractivity contribution >= 4 is 46.4 Å². The van der Waals surface area contributed by atoms with Gasteiger partial charge in [0.2, 0.25) is 0 Å². The molecule has 2 aliphatic rings. The molecule has 0 fully saturated rings. The van der Waals surface area contributed by atoms with Crippen molar-refractivity contribution in [3.63, 3.8) is 0 Å². The van der Waals surface area contributed by atoms with Gasteiger partial charge < -0.3 is 4.74 Å². The minimum absolute atomic E-state index is 0.146. The minimum Gasteiger partial charge on any atom is -0.468 e. The molecule has 2 aromatic rings. The van der Waals surface area contributed by atoms with E-state index in [1.807, 2.05) is 18.2 Å². The van der Waals surface area contributed by atoms with E-state index in [0.717, 1.165) is 5.56 Å². The van der Waals surface area contributed by atoms with Crippen molar-refractivity contribution in [1.29, 1.82) is 0 Å². The van der Waals surface area contributed by atoms with Crippen LogP contribution in [0.5, 0.6) is 0 Å². The molecule has 0 radical (unpaired) electrons. The summed E-state index contributed by atoms with van der Waals surface area (Å²) < 4.78 is 5.01. The maximum absolute atomic E-state index is 13.2. The van der Waals surface area contributed by atoms with Crippen molar-refractivity contribution in [2.75, 3.05) is 7.11 Å². The Balaban J connectivity index is 2.00. The van der Waals surface area contributed by atoms with Crippen molar-refractivity contribution in [2.24, 2.45) is 10.9 Å². The summed E-state index contributed by atoms with van der Waals surface area (Å²) in [5, 5.41) is 0.687. The van der Waals surface area contributed by atoms with Crippen molar-refractivity contribution in [3.8, 4) is 0 Å². The molecule has 136 valence electrons. The lowest BCUT2D eigenvalue weighted by atomic mass is 9.75. The molecule has 0 saturated carbocycles. The number of fused-ring (bicyclic) bond motifs is 2. The summed E-state index contributed by atoms with van der Waals surface area (Å²) >= 11 is 12.7. The number of nitrogens with zero attached hydrogens (tertiary/aromatic N) is 1. The summed E-state index contributed by atoms with van der Waals surface area (Å²) in [5.74, 6) is -1.97. The molecule has 1 aliphatic heterocycles. The number of halogens is 2. The number of carbonyl (C=O) groups is 2. The third kappa shape index (κ3) is 2.63. The quantitative estimate of drug-likeness (QED) is 0.671. The van der Waals surface area contributed by atoms with Crippen LogP contribution in [0.1, 0.15) is 34.3 Å². The second kappa shape index (κ2) is 6.63. The molecule has 2 aromatic carbocycles. The number of esters is 1. The zero-order valence-electron chi connectivity index (χ0n) is 14.6. The average Bonchev–Trinajstić information content (AvgIpc) is 2.95. The monoisotopic (exact) mass is 399 g/mol. The zero-order chi connectivity index (χ0) is 19.3. The van der Waals surface area contributed by atoms with Crippen LogP contribution in [0.3, 0.4) is 0 Å². The normalized spacial score (nSPS) is 20.9. The van der Waals surface area contributed by atoms with E-state index in [2.05, 4.69) is 4.99 Å². The van der Waals surface area contributed by atoms with Crippen LogP contribution in [0.2, 0.25) is 10.0 Å². The smallest absolute Gasteiger partial charge is 0.315 e. The molecule has 0 spiro atoms. The Morgan fingerprint density at radius 1 is 1.07 bits per heavy atom. The molecular weight excluding hydrogens is 385 g/mol. The van der Waals surface area contributed by atoms with Gasteiger partial charge >= 0.3 is 5.97 Å². The highest BCUT2D eigenvalue weighted by molar-refractivity contribution is 6.42. The van der Waals surface area contributed by atoms with Crippen LogP contribution in [-0.4, -0.2) is 24.6 Å². The van der Waals surface area contributed by atoms with Gasteiger partial charge in [-0.25, -0.2) is 0 Å². The van der Waals surface area contributed by atoms with E-state index < -0.39 is 17.8 Å². The van der Waals surface area contributed by atoms with Gasteiger partial charge in [0.15, 0.2) is 5.78 Å². The topological polar surface area (TPSA) is 55.7 Å². The molecule has 0 saturated heterocycles. The van der Waals surface area contributed by atoms with Gasteiger partial charge in [0.1, 0.15) is 5.92 Å². The van der Waals surface area contributed by atoms with Gasteiger partial charge in [-0.1, -0.05) is 59.6 Å². The fraction of sp³-hybridized carbons (Fsp3) is 0.190. The molecule has 0 bridgehead atoms. The van der Waals surface area contributed by atoms with Crippen LogP contribution in [0, 0.1) is 5.92 Å². The Kier molecular flexibility index (Phi) is 4.41. The second-order valence-corrected chi connectivity index (χ2v) is 7.30. The van der Waals surface area contributed by atoms with Crippen LogP contribution in [0.4, 0.5) is 0 Å². The molecule has 1 unspecified atom stereocenters. The number of hydrogen-bond acceptors (Lipinski definition) is 4. The van der Waals surface area contributed by atoms with Crippen LogP contribution in [-0.2, 0) is 9.53 Å². The average molecular weight is 400 g/mol. The Labute approximate surface area is 166 Å². The van der Waals surface area contributed by atoms with E-state index in [1.165, 1.54) is 7.11 Å². The lowest BCUT2D eigenvalue weighted by Gasteiger charge is -2.30. The molecule has 4 rings (SSSR count). The largest absolute Gasteiger partial charge is 0.468 e. The lowest BCUT2D eigenvalue weighted by Crippen LogP contribution is -2.34. The first-order valence-electron chi connectivity index (χ1n) is 8.41. The van der Waals surface area contributed by atoms with Crippen molar-refractivity contribution < 1.29 is 14.3 Å². The third-order valence-corrected chi connectivity index (χ3v) is 5.91. The Morgan fingerprint density at radius 3 is 2.48 bits per heavy atom. The predicted molar refractivity (Wildman–Crippen MR) is 106 cm³/mol. The van der Waals surface area contributed by atoms with Crippen molar-refractivity contribution in [2.45, 2.75) is 12.8 Å². The lowest BCUT2D eigenvalue weighted by molar-refractivity contribution is -0.143. The number of carbonyl (C=O) groups excluding carboxylic acids is 2. The van der Waals surface area contributed by atoms with E-state index in [0.29, 0.717) is 38.2 Å². The van der Waals surface area contributed by atoms with Gasteiger partial charge in [0, 0.05) is 28.3 Å². The first-order valence-corrected chi connectivity index (χ1v) is 9.16. The van der Waals surface area contributed by atoms with Gasteiger partial charge in [-0.05, 0) is 18.6 Å². The van der Waals surface area contributed by atoms with Crippen molar-refractivity contribution in [3.05, 3.63) is 74.8 Å². The maximum atomic E-state index is 13.2. The molecule has 0 amide bonds. The molecule has 27 heavy (non-hydrogen) atoms. The standard InChI is InChI=1S/C21H15Cl2NO3/c1-10-15(21(26)27-2)16(13-8-5-9-14(22)18(13)23)17-19(24-10)11-6-3-4-7-12(11)20(17)25/h3-9,15-16H,1-2H3/t15?,16-/m0/s1. The maximum Gasteiger partial charge on any atom is 0.315 e. The van der Waals surface area contributed by atoms with Gasteiger partial charge in [0.25, 0.3) is 0 Å². The highest BCUT2D eigenvalue weighted by Gasteiger charge is 2.46. The van der Waals surface area contributed by atoms with Gasteiger partial charge in [-0.2, -0.15) is 0 Å². The van der Waals surface area contributed by atoms with Crippen LogP contribution in [0.15, 0.2) is 53.0 Å². The molecule has 6 heteroatoms. The highest BCUT2D eigenvalue weighted by Crippen LogP contribution is 2.50. The fourth-order valence-corrected chi connectivity index (χ4v) is 4.30. The van der Waals surface area contributed by atoms with Gasteiger partial charge in [-0.15, -0.1) is 0 Å². The molecular formula is C21H15Cl2NO3. The minimum atomic E-state index is -0.747. The van der Waals surface area contributed by atoms with Crippen LogP contribution < -0.4 is 0 Å². The van der Waals surface area contributed by atoms with E-state index >= 15 is 0 Å². The van der Waals surface area contributed by atoms with Crippen molar-refractivity contribution in [1.82, 2.24) is 0 Å². The number of ether oxygens (including phenoxy) is 1. The summed E-state index contributed by atoms with van der Waals surface area (Å²) in [5.41, 5.74) is 3.58. The number of aliphatic imine (C=N–C) groups is 1. The molecule has 4 nitrogen and oxygen atoms in total. The summed E-state index contributed by atoms with van der Waals surface area (Å²) in [6.07, 6.45) is 0. The number of ketones is 1. The molecule has 0 N–H and O–H groups in total. The van der Waals surface area contributed by atoms with Crippen LogP contribution in [0.25, 0.3) is 5.70 Å². The second-order valence-electron chi connectivity index (χ2n) is 6.51. The molecule has 0 aromatic heterocycles. The first-order chi connectivity index (χ1) is 13.0. The van der Waals surface area contributed by atoms with E-state index in [4.69, 9.17) is 27.9 Å². The SMILES string of the molecule is COC(=O)C1C(C)=NC2=C(C(=O)c3ccccc32)[C@H]1c1cccc(Cl)c1Cl. The Hall–Kier alpha value is -2.43. The summed E-state index contributed by atoms with van der Waals surface area (Å²) in [6, 6.07) is 12.5. The summed E-state index contributed by atoms with van der Waals surface area (Å²) in [6.45, 7) is 1.77. The van der Waals surface area contributed by atoms with E-state index in [1.54, 1.807) is 31.2 Å². The molecule has 2 atom stereocenters.